The fourth-order valence-corrected chi connectivity index (χ4v) is 8.50. The first-order valence-corrected chi connectivity index (χ1v) is 29.6. The second kappa shape index (κ2) is 59.4. The van der Waals surface area contributed by atoms with Crippen molar-refractivity contribution in [2.45, 2.75) is 296 Å². The number of aliphatic hydroxyl groups is 1. The fraction of sp³-hybridized carbons (Fsp3) is 0.750. The molecule has 1 atom stereocenters. The monoisotopic (exact) mass is 961 g/mol. The summed E-state index contributed by atoms with van der Waals surface area (Å²) >= 11 is 0. The molecule has 0 aromatic heterocycles. The second-order valence-electron chi connectivity index (χ2n) is 19.7. The number of unbranched alkanes of at least 4 members (excludes halogenated alkanes) is 32. The first-order valence-electron chi connectivity index (χ1n) is 29.6. The van der Waals surface area contributed by atoms with E-state index in [2.05, 4.69) is 98.9 Å². The van der Waals surface area contributed by atoms with Crippen LogP contribution < -0.4 is 0 Å². The van der Waals surface area contributed by atoms with Gasteiger partial charge in [-0.25, -0.2) is 0 Å². The number of ether oxygens (including phenoxy) is 2. The Hall–Kier alpha value is -2.92. The maximum Gasteiger partial charge on any atom is 0.306 e. The van der Waals surface area contributed by atoms with Gasteiger partial charge in [0.15, 0.2) is 6.10 Å². The highest BCUT2D eigenvalue weighted by Gasteiger charge is 2.16. The molecule has 0 aromatic carbocycles. The lowest BCUT2D eigenvalue weighted by atomic mass is 10.0. The van der Waals surface area contributed by atoms with Gasteiger partial charge in [-0.15, -0.1) is 0 Å². The molecule has 0 aliphatic carbocycles. The molecule has 0 aromatic rings. The largest absolute Gasteiger partial charge is 0.462 e. The number of hydrogen-bond donors (Lipinski definition) is 1. The van der Waals surface area contributed by atoms with Crippen molar-refractivity contribution in [2.75, 3.05) is 13.2 Å². The topological polar surface area (TPSA) is 72.8 Å². The van der Waals surface area contributed by atoms with Gasteiger partial charge in [0.2, 0.25) is 0 Å². The van der Waals surface area contributed by atoms with E-state index in [9.17, 15) is 14.7 Å². The summed E-state index contributed by atoms with van der Waals surface area (Å²) in [5.74, 6) is -0.590. The van der Waals surface area contributed by atoms with Crippen LogP contribution in [0.3, 0.4) is 0 Å². The maximum atomic E-state index is 12.3. The molecule has 1 unspecified atom stereocenters. The molecule has 0 bridgehead atoms. The van der Waals surface area contributed by atoms with Gasteiger partial charge in [-0.3, -0.25) is 9.59 Å². The Kier molecular flexibility index (Phi) is 56.9. The van der Waals surface area contributed by atoms with Gasteiger partial charge in [0, 0.05) is 12.8 Å². The Morgan fingerprint density at radius 2 is 0.623 bits per heavy atom. The number of rotatable bonds is 54. The van der Waals surface area contributed by atoms with Crippen LogP contribution in [-0.2, 0) is 19.1 Å². The van der Waals surface area contributed by atoms with E-state index in [1.165, 1.54) is 180 Å². The van der Waals surface area contributed by atoms with E-state index >= 15 is 0 Å². The van der Waals surface area contributed by atoms with Crippen LogP contribution in [0.5, 0.6) is 0 Å². The predicted molar refractivity (Wildman–Crippen MR) is 302 cm³/mol. The SMILES string of the molecule is CC/C=C\C/C=C\C/C=C\C/C=C\C/C=C\C/C=C\CCCCCCCCCCCCCCCCCCCCCCC(=O)OC(CO)COC(=O)CCCCCCC/C=C\CCCCCCCCC. The van der Waals surface area contributed by atoms with Crippen LogP contribution in [0.4, 0.5) is 0 Å². The van der Waals surface area contributed by atoms with Gasteiger partial charge < -0.3 is 14.6 Å². The number of carbonyl (C=O) groups excluding carboxylic acids is 2. The molecule has 1 N–H and O–H groups in total. The zero-order valence-electron chi connectivity index (χ0n) is 45.6. The van der Waals surface area contributed by atoms with E-state index < -0.39 is 6.10 Å². The minimum atomic E-state index is -0.776. The number of esters is 2. The van der Waals surface area contributed by atoms with Crippen molar-refractivity contribution < 1.29 is 24.2 Å². The summed E-state index contributed by atoms with van der Waals surface area (Å²) in [5, 5.41) is 9.64. The summed E-state index contributed by atoms with van der Waals surface area (Å²) in [4.78, 5) is 24.5. The molecule has 0 fully saturated rings. The third-order valence-corrected chi connectivity index (χ3v) is 12.9. The molecule has 0 amide bonds. The van der Waals surface area contributed by atoms with Crippen molar-refractivity contribution in [3.63, 3.8) is 0 Å². The Morgan fingerprint density at radius 3 is 0.957 bits per heavy atom. The number of allylic oxidation sites excluding steroid dienone is 14. The summed E-state index contributed by atoms with van der Waals surface area (Å²) in [6.07, 6.45) is 82.9. The molecule has 398 valence electrons. The molecule has 0 radical (unpaired) electrons. The van der Waals surface area contributed by atoms with Gasteiger partial charge in [-0.05, 0) is 89.9 Å². The molecule has 0 heterocycles. The Balaban J connectivity index is 3.44. The number of aliphatic hydroxyl groups excluding tert-OH is 1. The maximum absolute atomic E-state index is 12.3. The molecule has 0 rings (SSSR count). The molecular weight excluding hydrogens is 849 g/mol. The molecule has 0 saturated heterocycles. The molecule has 5 nitrogen and oxygen atoms in total. The van der Waals surface area contributed by atoms with Gasteiger partial charge in [0.1, 0.15) is 6.61 Å². The van der Waals surface area contributed by atoms with E-state index in [0.29, 0.717) is 12.8 Å². The summed E-state index contributed by atoms with van der Waals surface area (Å²) in [7, 11) is 0. The fourth-order valence-electron chi connectivity index (χ4n) is 8.50. The first kappa shape index (κ1) is 66.1. The van der Waals surface area contributed by atoms with Gasteiger partial charge in [0.05, 0.1) is 6.61 Å². The minimum Gasteiger partial charge on any atom is -0.462 e. The zero-order valence-corrected chi connectivity index (χ0v) is 45.6. The minimum absolute atomic E-state index is 0.0687. The van der Waals surface area contributed by atoms with E-state index in [-0.39, 0.29) is 25.2 Å². The third-order valence-electron chi connectivity index (χ3n) is 12.9. The van der Waals surface area contributed by atoms with E-state index in [0.717, 1.165) is 83.5 Å². The molecular formula is C64H112O5. The first-order chi connectivity index (χ1) is 34.1. The average molecular weight is 962 g/mol. The highest BCUT2D eigenvalue weighted by molar-refractivity contribution is 5.70. The van der Waals surface area contributed by atoms with Gasteiger partial charge in [0.25, 0.3) is 0 Å². The lowest BCUT2D eigenvalue weighted by Crippen LogP contribution is -2.28. The van der Waals surface area contributed by atoms with E-state index in [4.69, 9.17) is 9.47 Å². The summed E-state index contributed by atoms with van der Waals surface area (Å²) in [6.45, 7) is 4.04. The Bertz CT molecular complexity index is 1270. The van der Waals surface area contributed by atoms with Gasteiger partial charge >= 0.3 is 11.9 Å². The number of carbonyl (C=O) groups is 2. The van der Waals surface area contributed by atoms with Crippen molar-refractivity contribution in [2.24, 2.45) is 0 Å². The highest BCUT2D eigenvalue weighted by atomic mass is 16.6. The lowest BCUT2D eigenvalue weighted by molar-refractivity contribution is -0.161. The second-order valence-corrected chi connectivity index (χ2v) is 19.7. The van der Waals surface area contributed by atoms with Gasteiger partial charge in [-0.1, -0.05) is 272 Å². The van der Waals surface area contributed by atoms with Crippen LogP contribution in [0.25, 0.3) is 0 Å². The van der Waals surface area contributed by atoms with Crippen molar-refractivity contribution in [3.05, 3.63) is 85.1 Å². The van der Waals surface area contributed by atoms with Crippen LogP contribution in [-0.4, -0.2) is 36.4 Å². The van der Waals surface area contributed by atoms with Crippen molar-refractivity contribution in [1.29, 1.82) is 0 Å². The predicted octanol–water partition coefficient (Wildman–Crippen LogP) is 20.1. The molecule has 0 saturated carbocycles. The van der Waals surface area contributed by atoms with Crippen molar-refractivity contribution in [3.8, 4) is 0 Å². The summed E-state index contributed by atoms with van der Waals surface area (Å²) in [6, 6.07) is 0. The Labute approximate surface area is 428 Å². The molecule has 0 aliphatic rings. The lowest BCUT2D eigenvalue weighted by Gasteiger charge is -2.15. The van der Waals surface area contributed by atoms with Crippen LogP contribution >= 0.6 is 0 Å². The smallest absolute Gasteiger partial charge is 0.306 e. The quantitative estimate of drug-likeness (QED) is 0.0374. The van der Waals surface area contributed by atoms with Crippen LogP contribution in [0.15, 0.2) is 85.1 Å². The zero-order chi connectivity index (χ0) is 49.9. The van der Waals surface area contributed by atoms with Crippen molar-refractivity contribution >= 4 is 11.9 Å². The normalized spacial score (nSPS) is 12.8. The van der Waals surface area contributed by atoms with Crippen molar-refractivity contribution in [1.82, 2.24) is 0 Å². The van der Waals surface area contributed by atoms with Gasteiger partial charge in [-0.2, -0.15) is 0 Å². The Morgan fingerprint density at radius 1 is 0.348 bits per heavy atom. The standard InChI is InChI=1S/C64H112O5/c1-3-5-7-9-11-13-15-17-19-21-22-23-24-25-26-27-28-29-30-31-32-33-34-35-36-37-38-39-40-41-42-43-45-47-49-51-53-55-57-59-64(67)69-62(60-65)61-68-63(66)58-56-54-52-50-48-46-44-20-18-16-14-12-10-8-6-4-2/h5,7,11,13,17,19-20,22-23,25-26,28-29,44,62,65H,3-4,6,8-10,12,14-16,18,21,24,27,30-43,45-61H2,1-2H3/b7-5-,13-11-,19-17-,23-22-,26-25-,29-28-,44-20-. The summed E-state index contributed by atoms with van der Waals surface area (Å²) < 4.78 is 10.7. The van der Waals surface area contributed by atoms with Crippen LogP contribution in [0.2, 0.25) is 0 Å². The molecule has 5 heteroatoms. The molecule has 0 aliphatic heterocycles. The number of hydrogen-bond acceptors (Lipinski definition) is 5. The third kappa shape index (κ3) is 57.5. The highest BCUT2D eigenvalue weighted by Crippen LogP contribution is 2.17. The average Bonchev–Trinajstić information content (AvgIpc) is 3.35. The summed E-state index contributed by atoms with van der Waals surface area (Å²) in [5.41, 5.74) is 0. The van der Waals surface area contributed by atoms with E-state index in [1.807, 2.05) is 0 Å². The van der Waals surface area contributed by atoms with E-state index in [1.54, 1.807) is 0 Å². The van der Waals surface area contributed by atoms with Crippen LogP contribution in [0.1, 0.15) is 290 Å². The molecule has 69 heavy (non-hydrogen) atoms. The molecule has 0 spiro atoms. The van der Waals surface area contributed by atoms with Crippen LogP contribution in [0, 0.1) is 0 Å².